The number of phenolic OH excluding ortho intramolecular Hbond substituents is 2. The molecule has 0 saturated carbocycles. The standard InChI is InChI=1S/C18H17ClO6/c1-9-6-15-14(25-15)5-3-2-4-10(20)7-11-16(18(23)24-9)12(21)8-13(22)17(11)19/h2-5,8-9,14-15,21-22H,6-7H2,1H3/b4-2-,5-3-. The summed E-state index contributed by atoms with van der Waals surface area (Å²) < 4.78 is 10.8. The Kier molecular flexibility index (Phi) is 4.83. The van der Waals surface area contributed by atoms with Crippen molar-refractivity contribution in [3.63, 3.8) is 0 Å². The SMILES string of the molecule is CC1CC2OC2/C=C\C=C/C(=O)Cc2c(Cl)c(O)cc(O)c2C(=O)O1. The lowest BCUT2D eigenvalue weighted by atomic mass is 10.00. The van der Waals surface area contributed by atoms with Crippen molar-refractivity contribution in [2.45, 2.75) is 38.1 Å². The fraction of sp³-hybridized carbons (Fsp3) is 0.333. The van der Waals surface area contributed by atoms with Crippen LogP contribution in [0.2, 0.25) is 5.02 Å². The number of allylic oxidation sites excluding steroid dienone is 3. The lowest BCUT2D eigenvalue weighted by Gasteiger charge is -2.16. The number of halogens is 1. The Morgan fingerprint density at radius 2 is 1.96 bits per heavy atom. The molecule has 1 aromatic rings. The van der Waals surface area contributed by atoms with Gasteiger partial charge in [0, 0.05) is 24.5 Å². The van der Waals surface area contributed by atoms with Gasteiger partial charge in [-0.3, -0.25) is 4.79 Å². The van der Waals surface area contributed by atoms with Crippen LogP contribution in [0, 0.1) is 0 Å². The molecule has 0 bridgehead atoms. The summed E-state index contributed by atoms with van der Waals surface area (Å²) in [6.45, 7) is 1.72. The lowest BCUT2D eigenvalue weighted by Crippen LogP contribution is -2.19. The van der Waals surface area contributed by atoms with Crippen molar-refractivity contribution in [2.24, 2.45) is 0 Å². The van der Waals surface area contributed by atoms with E-state index in [1.54, 1.807) is 19.1 Å². The van der Waals surface area contributed by atoms with E-state index >= 15 is 0 Å². The maximum atomic E-state index is 12.5. The summed E-state index contributed by atoms with van der Waals surface area (Å²) >= 11 is 6.05. The molecular weight excluding hydrogens is 348 g/mol. The van der Waals surface area contributed by atoms with E-state index in [9.17, 15) is 19.8 Å². The second kappa shape index (κ2) is 6.90. The van der Waals surface area contributed by atoms with E-state index in [4.69, 9.17) is 21.1 Å². The first-order valence-corrected chi connectivity index (χ1v) is 8.22. The van der Waals surface area contributed by atoms with Gasteiger partial charge in [0.05, 0.1) is 11.1 Å². The molecular formula is C18H17ClO6. The van der Waals surface area contributed by atoms with E-state index < -0.39 is 23.6 Å². The minimum absolute atomic E-state index is 0.0348. The van der Waals surface area contributed by atoms with Crippen LogP contribution < -0.4 is 0 Å². The molecule has 2 aliphatic rings. The zero-order chi connectivity index (χ0) is 18.1. The number of fused-ring (bicyclic) bond motifs is 2. The fourth-order valence-corrected chi connectivity index (χ4v) is 3.00. The van der Waals surface area contributed by atoms with Crippen molar-refractivity contribution in [3.05, 3.63) is 46.5 Å². The number of ether oxygens (including phenoxy) is 2. The van der Waals surface area contributed by atoms with Crippen LogP contribution in [-0.2, 0) is 20.7 Å². The van der Waals surface area contributed by atoms with Gasteiger partial charge in [-0.15, -0.1) is 0 Å². The molecule has 0 aromatic heterocycles. The monoisotopic (exact) mass is 364 g/mol. The van der Waals surface area contributed by atoms with E-state index in [1.807, 2.05) is 6.08 Å². The van der Waals surface area contributed by atoms with Gasteiger partial charge in [0.2, 0.25) is 0 Å². The maximum absolute atomic E-state index is 12.5. The minimum atomic E-state index is -0.802. The van der Waals surface area contributed by atoms with Crippen LogP contribution in [0.1, 0.15) is 29.3 Å². The van der Waals surface area contributed by atoms with Gasteiger partial charge in [0.25, 0.3) is 0 Å². The molecule has 25 heavy (non-hydrogen) atoms. The van der Waals surface area contributed by atoms with Gasteiger partial charge in [-0.25, -0.2) is 4.79 Å². The van der Waals surface area contributed by atoms with Crippen molar-refractivity contribution < 1.29 is 29.3 Å². The Bertz CT molecular complexity index is 782. The number of aromatic hydroxyl groups is 2. The first-order valence-electron chi connectivity index (χ1n) is 7.84. The summed E-state index contributed by atoms with van der Waals surface area (Å²) in [6, 6.07) is 0.958. The molecule has 3 rings (SSSR count). The minimum Gasteiger partial charge on any atom is -0.507 e. The first kappa shape index (κ1) is 17.5. The van der Waals surface area contributed by atoms with Gasteiger partial charge in [-0.1, -0.05) is 29.8 Å². The molecule has 2 heterocycles. The second-order valence-electron chi connectivity index (χ2n) is 6.06. The number of hydrogen-bond donors (Lipinski definition) is 2. The highest BCUT2D eigenvalue weighted by molar-refractivity contribution is 6.33. The predicted molar refractivity (Wildman–Crippen MR) is 89.9 cm³/mol. The van der Waals surface area contributed by atoms with Crippen LogP contribution in [-0.4, -0.2) is 40.3 Å². The van der Waals surface area contributed by atoms with Crippen molar-refractivity contribution in [1.82, 2.24) is 0 Å². The van der Waals surface area contributed by atoms with Crippen LogP contribution in [0.3, 0.4) is 0 Å². The van der Waals surface area contributed by atoms with E-state index in [-0.39, 0.29) is 40.6 Å². The zero-order valence-electron chi connectivity index (χ0n) is 13.4. The number of benzene rings is 1. The highest BCUT2D eigenvalue weighted by atomic mass is 35.5. The van der Waals surface area contributed by atoms with Crippen molar-refractivity contribution in [3.8, 4) is 11.5 Å². The van der Waals surface area contributed by atoms with Crippen LogP contribution in [0.25, 0.3) is 0 Å². The maximum Gasteiger partial charge on any atom is 0.342 e. The Labute approximate surface area is 149 Å². The third-order valence-electron chi connectivity index (χ3n) is 4.06. The van der Waals surface area contributed by atoms with Gasteiger partial charge in [0.15, 0.2) is 5.78 Å². The molecule has 0 radical (unpaired) electrons. The number of carbonyl (C=O) groups is 2. The molecule has 6 nitrogen and oxygen atoms in total. The van der Waals surface area contributed by atoms with Crippen LogP contribution >= 0.6 is 11.6 Å². The molecule has 0 amide bonds. The predicted octanol–water partition coefficient (Wildman–Crippen LogP) is 2.69. The van der Waals surface area contributed by atoms with Gasteiger partial charge in [-0.05, 0) is 13.0 Å². The summed E-state index contributed by atoms with van der Waals surface area (Å²) in [5.41, 5.74) is -0.176. The van der Waals surface area contributed by atoms with Crippen LogP contribution in [0.5, 0.6) is 11.5 Å². The topological polar surface area (TPSA) is 96.4 Å². The number of cyclic esters (lactones) is 1. The zero-order valence-corrected chi connectivity index (χ0v) is 14.2. The molecule has 7 heteroatoms. The van der Waals surface area contributed by atoms with Crippen LogP contribution in [0.4, 0.5) is 0 Å². The van der Waals surface area contributed by atoms with Crippen molar-refractivity contribution in [1.29, 1.82) is 0 Å². The Balaban J connectivity index is 2.01. The number of epoxide rings is 1. The number of rotatable bonds is 0. The van der Waals surface area contributed by atoms with E-state index in [0.29, 0.717) is 6.42 Å². The molecule has 2 N–H and O–H groups in total. The third-order valence-corrected chi connectivity index (χ3v) is 4.49. The first-order chi connectivity index (χ1) is 11.9. The summed E-state index contributed by atoms with van der Waals surface area (Å²) in [7, 11) is 0. The number of esters is 1. The van der Waals surface area contributed by atoms with Gasteiger partial charge < -0.3 is 19.7 Å². The molecule has 3 atom stereocenters. The fourth-order valence-electron chi connectivity index (χ4n) is 2.78. The van der Waals surface area contributed by atoms with E-state index in [1.165, 1.54) is 6.08 Å². The molecule has 0 spiro atoms. The van der Waals surface area contributed by atoms with E-state index in [0.717, 1.165) is 6.07 Å². The molecule has 2 aliphatic heterocycles. The molecule has 3 unspecified atom stereocenters. The molecule has 1 saturated heterocycles. The van der Waals surface area contributed by atoms with Crippen molar-refractivity contribution >= 4 is 23.4 Å². The summed E-state index contributed by atoms with van der Waals surface area (Å²) in [5.74, 6) is -2.04. The summed E-state index contributed by atoms with van der Waals surface area (Å²) in [5, 5.41) is 19.7. The molecule has 0 aliphatic carbocycles. The Morgan fingerprint density at radius 1 is 1.20 bits per heavy atom. The largest absolute Gasteiger partial charge is 0.507 e. The normalized spacial score (nSPS) is 29.0. The van der Waals surface area contributed by atoms with Gasteiger partial charge in [0.1, 0.15) is 29.3 Å². The number of carbonyl (C=O) groups excluding carboxylic acids is 2. The highest BCUT2D eigenvalue weighted by Gasteiger charge is 2.38. The average Bonchev–Trinajstić information content (AvgIpc) is 3.25. The Morgan fingerprint density at radius 3 is 2.72 bits per heavy atom. The molecule has 1 fully saturated rings. The average molecular weight is 365 g/mol. The highest BCUT2D eigenvalue weighted by Crippen LogP contribution is 2.37. The lowest BCUT2D eigenvalue weighted by molar-refractivity contribution is -0.114. The smallest absolute Gasteiger partial charge is 0.342 e. The molecule has 1 aromatic carbocycles. The molecule has 132 valence electrons. The van der Waals surface area contributed by atoms with Crippen LogP contribution in [0.15, 0.2) is 30.4 Å². The van der Waals surface area contributed by atoms with Gasteiger partial charge >= 0.3 is 5.97 Å². The van der Waals surface area contributed by atoms with Gasteiger partial charge in [-0.2, -0.15) is 0 Å². The Hall–Kier alpha value is -2.31. The summed E-state index contributed by atoms with van der Waals surface area (Å²) in [4.78, 5) is 24.6. The third kappa shape index (κ3) is 3.86. The number of hydrogen-bond acceptors (Lipinski definition) is 6. The quantitative estimate of drug-likeness (QED) is 0.542. The number of ketones is 1. The summed E-state index contributed by atoms with van der Waals surface area (Å²) in [6.07, 6.45) is 6.13. The van der Waals surface area contributed by atoms with Crippen molar-refractivity contribution in [2.75, 3.05) is 0 Å². The number of phenols is 2. The second-order valence-corrected chi connectivity index (χ2v) is 6.44. The van der Waals surface area contributed by atoms with E-state index in [2.05, 4.69) is 0 Å².